The summed E-state index contributed by atoms with van der Waals surface area (Å²) in [5.41, 5.74) is 0. The quantitative estimate of drug-likeness (QED) is 0.806. The predicted molar refractivity (Wildman–Crippen MR) is 57.7 cm³/mol. The molecule has 100 valence electrons. The van der Waals surface area contributed by atoms with Crippen molar-refractivity contribution < 1.29 is 18.3 Å². The monoisotopic (exact) mass is 252 g/mol. The minimum absolute atomic E-state index is 0.288. The van der Waals surface area contributed by atoms with Crippen LogP contribution in [0.3, 0.4) is 0 Å². The first-order chi connectivity index (χ1) is 7.94. The molecule has 0 bridgehead atoms. The minimum atomic E-state index is -4.10. The molecule has 1 heterocycles. The molecule has 0 aromatic heterocycles. The Labute approximate surface area is 99.2 Å². The van der Waals surface area contributed by atoms with Crippen LogP contribution in [-0.2, 0) is 0 Å². The van der Waals surface area contributed by atoms with E-state index in [2.05, 4.69) is 4.90 Å². The first kappa shape index (κ1) is 13.1. The van der Waals surface area contributed by atoms with E-state index in [1.54, 1.807) is 0 Å². The fourth-order valence-electron chi connectivity index (χ4n) is 2.28. The third-order valence-electron chi connectivity index (χ3n) is 3.48. The minimum Gasteiger partial charge on any atom is -0.392 e. The van der Waals surface area contributed by atoms with E-state index < -0.39 is 12.7 Å². The Bertz CT molecular complexity index is 248. The van der Waals surface area contributed by atoms with Gasteiger partial charge in [-0.15, -0.1) is 0 Å². The average molecular weight is 252 g/mol. The Morgan fingerprint density at radius 3 is 2.06 bits per heavy atom. The predicted octanol–water partition coefficient (Wildman–Crippen LogP) is 0.937. The van der Waals surface area contributed by atoms with Gasteiger partial charge in [0.25, 0.3) is 0 Å². The summed E-state index contributed by atoms with van der Waals surface area (Å²) in [6.07, 6.45) is -2.20. The third kappa shape index (κ3) is 4.44. The zero-order valence-electron chi connectivity index (χ0n) is 9.79. The lowest BCUT2D eigenvalue weighted by Crippen LogP contribution is -2.50. The van der Waals surface area contributed by atoms with Crippen LogP contribution in [0.1, 0.15) is 12.8 Å². The number of rotatable bonds is 4. The fourth-order valence-corrected chi connectivity index (χ4v) is 2.28. The van der Waals surface area contributed by atoms with Crippen LogP contribution in [0.15, 0.2) is 0 Å². The molecule has 1 aliphatic heterocycles. The van der Waals surface area contributed by atoms with Gasteiger partial charge in [-0.3, -0.25) is 9.80 Å². The Balaban J connectivity index is 1.66. The van der Waals surface area contributed by atoms with Crippen LogP contribution in [0.2, 0.25) is 0 Å². The van der Waals surface area contributed by atoms with Crippen molar-refractivity contribution in [3.05, 3.63) is 0 Å². The first-order valence-corrected chi connectivity index (χ1v) is 6.13. The molecule has 0 aromatic rings. The van der Waals surface area contributed by atoms with Crippen LogP contribution in [0, 0.1) is 5.92 Å². The van der Waals surface area contributed by atoms with Gasteiger partial charge in [0.15, 0.2) is 0 Å². The number of piperazine rings is 1. The second-order valence-electron chi connectivity index (χ2n) is 5.10. The number of aliphatic hydroxyl groups is 1. The zero-order valence-corrected chi connectivity index (χ0v) is 9.79. The van der Waals surface area contributed by atoms with Gasteiger partial charge < -0.3 is 5.11 Å². The molecule has 3 nitrogen and oxygen atoms in total. The molecule has 0 spiro atoms. The van der Waals surface area contributed by atoms with Gasteiger partial charge in [-0.25, -0.2) is 0 Å². The summed E-state index contributed by atoms with van der Waals surface area (Å²) in [6, 6.07) is 0. The largest absolute Gasteiger partial charge is 0.401 e. The summed E-state index contributed by atoms with van der Waals surface area (Å²) in [6.45, 7) is 1.93. The Morgan fingerprint density at radius 1 is 1.06 bits per heavy atom. The molecule has 1 saturated heterocycles. The Morgan fingerprint density at radius 2 is 1.59 bits per heavy atom. The Kier molecular flexibility index (Phi) is 3.95. The summed E-state index contributed by atoms with van der Waals surface area (Å²) in [5.74, 6) is 0.434. The van der Waals surface area contributed by atoms with Crippen molar-refractivity contribution >= 4 is 0 Å². The van der Waals surface area contributed by atoms with Crippen molar-refractivity contribution in [1.29, 1.82) is 0 Å². The molecule has 6 heteroatoms. The van der Waals surface area contributed by atoms with Crippen molar-refractivity contribution in [2.24, 2.45) is 5.92 Å². The van der Waals surface area contributed by atoms with E-state index >= 15 is 0 Å². The van der Waals surface area contributed by atoms with E-state index in [0.717, 1.165) is 12.8 Å². The van der Waals surface area contributed by atoms with Crippen molar-refractivity contribution in [2.45, 2.75) is 25.1 Å². The van der Waals surface area contributed by atoms with Crippen molar-refractivity contribution in [1.82, 2.24) is 9.80 Å². The summed E-state index contributed by atoms with van der Waals surface area (Å²) < 4.78 is 36.5. The summed E-state index contributed by atoms with van der Waals surface area (Å²) in [5, 5.41) is 9.76. The molecular formula is C11H19F3N2O. The average Bonchev–Trinajstić information content (AvgIpc) is 3.02. The number of aliphatic hydroxyl groups excluding tert-OH is 1. The normalized spacial score (nSPS) is 26.1. The number of alkyl halides is 3. The maximum Gasteiger partial charge on any atom is 0.401 e. The van der Waals surface area contributed by atoms with Gasteiger partial charge in [-0.05, 0) is 18.8 Å². The second-order valence-corrected chi connectivity index (χ2v) is 5.10. The smallest absolute Gasteiger partial charge is 0.392 e. The van der Waals surface area contributed by atoms with Gasteiger partial charge in [-0.2, -0.15) is 13.2 Å². The summed E-state index contributed by atoms with van der Waals surface area (Å²) in [4.78, 5) is 3.50. The molecule has 1 atom stereocenters. The van der Waals surface area contributed by atoms with Gasteiger partial charge in [0.2, 0.25) is 0 Å². The van der Waals surface area contributed by atoms with Gasteiger partial charge in [0, 0.05) is 32.7 Å². The lowest BCUT2D eigenvalue weighted by molar-refractivity contribution is -0.149. The molecule has 2 rings (SSSR count). The number of nitrogens with zero attached hydrogens (tertiary/aromatic N) is 2. The van der Waals surface area contributed by atoms with Crippen molar-refractivity contribution in [3.8, 4) is 0 Å². The van der Waals surface area contributed by atoms with E-state index in [9.17, 15) is 18.3 Å². The zero-order chi connectivity index (χ0) is 12.5. The topological polar surface area (TPSA) is 26.7 Å². The third-order valence-corrected chi connectivity index (χ3v) is 3.48. The molecule has 1 saturated carbocycles. The maximum atomic E-state index is 12.2. The highest BCUT2D eigenvalue weighted by molar-refractivity contribution is 4.84. The molecule has 0 amide bonds. The molecular weight excluding hydrogens is 233 g/mol. The van der Waals surface area contributed by atoms with Crippen LogP contribution in [0.4, 0.5) is 13.2 Å². The lowest BCUT2D eigenvalue weighted by atomic mass is 10.2. The number of hydrogen-bond acceptors (Lipinski definition) is 3. The van der Waals surface area contributed by atoms with Crippen LogP contribution < -0.4 is 0 Å². The number of β-amino-alcohol motifs (C(OH)–C–C–N with tert-alkyl or cyclic N) is 1. The maximum absolute atomic E-state index is 12.2. The van der Waals surface area contributed by atoms with Crippen LogP contribution >= 0.6 is 0 Å². The standard InChI is InChI=1S/C11H19F3N2O/c12-11(13,14)8-16-5-3-15(4-6-16)7-10(17)9-1-2-9/h9-10,17H,1-8H2. The molecule has 1 aliphatic carbocycles. The fraction of sp³-hybridized carbons (Fsp3) is 1.00. The van der Waals surface area contributed by atoms with Crippen molar-refractivity contribution in [2.75, 3.05) is 39.3 Å². The second kappa shape index (κ2) is 5.12. The first-order valence-electron chi connectivity index (χ1n) is 6.13. The van der Waals surface area contributed by atoms with Gasteiger partial charge in [0.1, 0.15) is 0 Å². The highest BCUT2D eigenvalue weighted by Gasteiger charge is 2.34. The Hall–Kier alpha value is -0.330. The van der Waals surface area contributed by atoms with Gasteiger partial charge in [0.05, 0.1) is 12.6 Å². The summed E-state index contributed by atoms with van der Waals surface area (Å²) in [7, 11) is 0. The molecule has 1 N–H and O–H groups in total. The lowest BCUT2D eigenvalue weighted by Gasteiger charge is -2.35. The van der Waals surface area contributed by atoms with Gasteiger partial charge >= 0.3 is 6.18 Å². The number of hydrogen-bond donors (Lipinski definition) is 1. The molecule has 0 radical (unpaired) electrons. The van der Waals surface area contributed by atoms with Crippen molar-refractivity contribution in [3.63, 3.8) is 0 Å². The number of halogens is 3. The van der Waals surface area contributed by atoms with E-state index in [4.69, 9.17) is 0 Å². The van der Waals surface area contributed by atoms with E-state index in [1.165, 1.54) is 4.90 Å². The highest BCUT2D eigenvalue weighted by Crippen LogP contribution is 2.32. The van der Waals surface area contributed by atoms with Crippen LogP contribution in [0.25, 0.3) is 0 Å². The van der Waals surface area contributed by atoms with Gasteiger partial charge in [-0.1, -0.05) is 0 Å². The SMILES string of the molecule is OC(CN1CCN(CC(F)(F)F)CC1)C1CC1. The molecule has 17 heavy (non-hydrogen) atoms. The van der Waals surface area contributed by atoms with Crippen LogP contribution in [-0.4, -0.2) is 66.5 Å². The van der Waals surface area contributed by atoms with E-state index in [0.29, 0.717) is 38.6 Å². The molecule has 2 fully saturated rings. The molecule has 0 aromatic carbocycles. The van der Waals surface area contributed by atoms with Crippen LogP contribution in [0.5, 0.6) is 0 Å². The summed E-state index contributed by atoms with van der Waals surface area (Å²) >= 11 is 0. The highest BCUT2D eigenvalue weighted by atomic mass is 19.4. The van der Waals surface area contributed by atoms with E-state index in [1.807, 2.05) is 0 Å². The molecule has 1 unspecified atom stereocenters. The van der Waals surface area contributed by atoms with E-state index in [-0.39, 0.29) is 6.10 Å². The molecule has 2 aliphatic rings.